The zero-order valence-electron chi connectivity index (χ0n) is 9.01. The van der Waals surface area contributed by atoms with Crippen molar-refractivity contribution in [3.63, 3.8) is 0 Å². The SMILES string of the molecule is CCNC(CC(C)C)c1csc(I)c1. The maximum Gasteiger partial charge on any atom is 0.0656 e. The second-order valence-corrected chi connectivity index (χ2v) is 6.73. The van der Waals surface area contributed by atoms with Gasteiger partial charge in [-0.2, -0.15) is 0 Å². The molecule has 1 aromatic heterocycles. The normalized spacial score (nSPS) is 13.5. The minimum absolute atomic E-state index is 0.541. The summed E-state index contributed by atoms with van der Waals surface area (Å²) in [5, 5.41) is 5.82. The van der Waals surface area contributed by atoms with Gasteiger partial charge in [0.05, 0.1) is 2.88 Å². The number of hydrogen-bond acceptors (Lipinski definition) is 2. The fourth-order valence-electron chi connectivity index (χ4n) is 1.56. The van der Waals surface area contributed by atoms with E-state index in [-0.39, 0.29) is 0 Å². The molecule has 14 heavy (non-hydrogen) atoms. The molecule has 0 saturated heterocycles. The molecule has 1 nitrogen and oxygen atoms in total. The van der Waals surface area contributed by atoms with Gasteiger partial charge in [-0.25, -0.2) is 0 Å². The standard InChI is InChI=1S/C11H18INS/c1-4-13-10(5-8(2)3)9-6-11(12)14-7-9/h6-8,10,13H,4-5H2,1-3H3. The summed E-state index contributed by atoms with van der Waals surface area (Å²) in [5.74, 6) is 0.747. The lowest BCUT2D eigenvalue weighted by Crippen LogP contribution is -2.21. The minimum atomic E-state index is 0.541. The Bertz CT molecular complexity index is 270. The molecule has 0 aliphatic rings. The van der Waals surface area contributed by atoms with Gasteiger partial charge in [0.1, 0.15) is 0 Å². The van der Waals surface area contributed by atoms with E-state index >= 15 is 0 Å². The fraction of sp³-hybridized carbons (Fsp3) is 0.636. The highest BCUT2D eigenvalue weighted by molar-refractivity contribution is 14.1. The molecule has 1 unspecified atom stereocenters. The van der Waals surface area contributed by atoms with Gasteiger partial charge in [0, 0.05) is 6.04 Å². The summed E-state index contributed by atoms with van der Waals surface area (Å²) in [7, 11) is 0. The Morgan fingerprint density at radius 3 is 2.64 bits per heavy atom. The van der Waals surface area contributed by atoms with E-state index in [9.17, 15) is 0 Å². The third-order valence-corrected chi connectivity index (χ3v) is 3.95. The Labute approximate surface area is 104 Å². The first-order valence-corrected chi connectivity index (χ1v) is 7.06. The predicted octanol–water partition coefficient (Wildman–Crippen LogP) is 4.05. The quantitative estimate of drug-likeness (QED) is 0.806. The first-order valence-electron chi connectivity index (χ1n) is 5.10. The summed E-state index contributed by atoms with van der Waals surface area (Å²) < 4.78 is 1.38. The first kappa shape index (κ1) is 12.5. The fourth-order valence-corrected chi connectivity index (χ4v) is 2.99. The number of nitrogens with one attached hydrogen (secondary N) is 1. The van der Waals surface area contributed by atoms with Crippen LogP contribution in [-0.4, -0.2) is 6.54 Å². The van der Waals surface area contributed by atoms with Gasteiger partial charge in [-0.3, -0.25) is 0 Å². The van der Waals surface area contributed by atoms with Crippen molar-refractivity contribution in [2.24, 2.45) is 5.92 Å². The highest BCUT2D eigenvalue weighted by Crippen LogP contribution is 2.26. The van der Waals surface area contributed by atoms with Crippen LogP contribution in [-0.2, 0) is 0 Å². The highest BCUT2D eigenvalue weighted by Gasteiger charge is 2.13. The lowest BCUT2D eigenvalue weighted by atomic mass is 9.99. The van der Waals surface area contributed by atoms with Crippen LogP contribution in [0.5, 0.6) is 0 Å². The summed E-state index contributed by atoms with van der Waals surface area (Å²) in [6, 6.07) is 2.83. The molecule has 0 saturated carbocycles. The van der Waals surface area contributed by atoms with Crippen LogP contribution in [0.4, 0.5) is 0 Å². The van der Waals surface area contributed by atoms with Gasteiger partial charge in [-0.1, -0.05) is 20.8 Å². The van der Waals surface area contributed by atoms with Gasteiger partial charge in [0.2, 0.25) is 0 Å². The van der Waals surface area contributed by atoms with E-state index in [0.717, 1.165) is 12.5 Å². The summed E-state index contributed by atoms with van der Waals surface area (Å²) in [5.41, 5.74) is 1.45. The van der Waals surface area contributed by atoms with E-state index in [1.54, 1.807) is 0 Å². The molecule has 3 heteroatoms. The topological polar surface area (TPSA) is 12.0 Å². The zero-order chi connectivity index (χ0) is 10.6. The molecule has 0 aromatic carbocycles. The summed E-state index contributed by atoms with van der Waals surface area (Å²) in [4.78, 5) is 0. The molecule has 0 spiro atoms. The van der Waals surface area contributed by atoms with Gasteiger partial charge in [0.25, 0.3) is 0 Å². The van der Waals surface area contributed by atoms with Crippen LogP contribution in [0, 0.1) is 8.80 Å². The van der Waals surface area contributed by atoms with Crippen molar-refractivity contribution in [2.45, 2.75) is 33.2 Å². The molecule has 1 atom stereocenters. The largest absolute Gasteiger partial charge is 0.310 e. The molecule has 0 bridgehead atoms. The summed E-state index contributed by atoms with van der Waals surface area (Å²) in [6.45, 7) is 7.78. The predicted molar refractivity (Wildman–Crippen MR) is 72.9 cm³/mol. The summed E-state index contributed by atoms with van der Waals surface area (Å²) in [6.07, 6.45) is 1.22. The Morgan fingerprint density at radius 2 is 2.21 bits per heavy atom. The second-order valence-electron chi connectivity index (χ2n) is 3.92. The van der Waals surface area contributed by atoms with E-state index in [2.05, 4.69) is 60.1 Å². The van der Waals surface area contributed by atoms with Gasteiger partial charge < -0.3 is 5.32 Å². The van der Waals surface area contributed by atoms with Crippen molar-refractivity contribution in [3.8, 4) is 0 Å². The molecule has 1 N–H and O–H groups in total. The van der Waals surface area contributed by atoms with Crippen LogP contribution in [0.25, 0.3) is 0 Å². The molecule has 1 aromatic rings. The maximum absolute atomic E-state index is 3.55. The van der Waals surface area contributed by atoms with Gasteiger partial charge >= 0.3 is 0 Å². The van der Waals surface area contributed by atoms with E-state index in [1.807, 2.05) is 11.3 Å². The van der Waals surface area contributed by atoms with Crippen LogP contribution in [0.1, 0.15) is 38.8 Å². The highest BCUT2D eigenvalue weighted by atomic mass is 127. The van der Waals surface area contributed by atoms with Crippen molar-refractivity contribution in [3.05, 3.63) is 19.9 Å². The molecule has 0 amide bonds. The lowest BCUT2D eigenvalue weighted by molar-refractivity contribution is 0.439. The first-order chi connectivity index (χ1) is 6.63. The van der Waals surface area contributed by atoms with E-state index in [0.29, 0.717) is 6.04 Å². The Hall–Kier alpha value is 0.390. The second kappa shape index (κ2) is 6.08. The van der Waals surface area contributed by atoms with Gasteiger partial charge in [-0.15, -0.1) is 11.3 Å². The third kappa shape index (κ3) is 3.87. The number of hydrogen-bond donors (Lipinski definition) is 1. The van der Waals surface area contributed by atoms with Crippen molar-refractivity contribution in [2.75, 3.05) is 6.54 Å². The van der Waals surface area contributed by atoms with Gasteiger partial charge in [-0.05, 0) is 58.5 Å². The number of rotatable bonds is 5. The average molecular weight is 323 g/mol. The molecule has 0 aliphatic heterocycles. The maximum atomic E-state index is 3.55. The molecule has 80 valence electrons. The molecule has 1 heterocycles. The van der Waals surface area contributed by atoms with E-state index in [4.69, 9.17) is 0 Å². The molecule has 0 radical (unpaired) electrons. The Kier molecular flexibility index (Phi) is 5.41. The van der Waals surface area contributed by atoms with E-state index in [1.165, 1.54) is 14.9 Å². The zero-order valence-corrected chi connectivity index (χ0v) is 12.0. The third-order valence-electron chi connectivity index (χ3n) is 2.15. The molecule has 0 aliphatic carbocycles. The monoisotopic (exact) mass is 323 g/mol. The van der Waals surface area contributed by atoms with Crippen LogP contribution in [0.15, 0.2) is 11.4 Å². The Balaban J connectivity index is 2.66. The van der Waals surface area contributed by atoms with Crippen LogP contribution < -0.4 is 5.32 Å². The Morgan fingerprint density at radius 1 is 1.50 bits per heavy atom. The molecule has 1 rings (SSSR count). The summed E-state index contributed by atoms with van der Waals surface area (Å²) >= 11 is 4.22. The molecule has 0 fully saturated rings. The van der Waals surface area contributed by atoms with Crippen LogP contribution >= 0.6 is 33.9 Å². The van der Waals surface area contributed by atoms with Crippen molar-refractivity contribution in [1.82, 2.24) is 5.32 Å². The smallest absolute Gasteiger partial charge is 0.0656 e. The number of thiophene rings is 1. The van der Waals surface area contributed by atoms with Crippen LogP contribution in [0.3, 0.4) is 0 Å². The molecular formula is C11H18INS. The number of halogens is 1. The van der Waals surface area contributed by atoms with Crippen LogP contribution in [0.2, 0.25) is 0 Å². The van der Waals surface area contributed by atoms with Crippen molar-refractivity contribution >= 4 is 33.9 Å². The molecular weight excluding hydrogens is 305 g/mol. The van der Waals surface area contributed by atoms with E-state index < -0.39 is 0 Å². The van der Waals surface area contributed by atoms with Gasteiger partial charge in [0.15, 0.2) is 0 Å². The minimum Gasteiger partial charge on any atom is -0.310 e. The average Bonchev–Trinajstić information content (AvgIpc) is 2.50. The van der Waals surface area contributed by atoms with Crippen molar-refractivity contribution < 1.29 is 0 Å². The lowest BCUT2D eigenvalue weighted by Gasteiger charge is -2.18. The van der Waals surface area contributed by atoms with Crippen molar-refractivity contribution in [1.29, 1.82) is 0 Å².